The van der Waals surface area contributed by atoms with E-state index in [0.717, 1.165) is 0 Å². The van der Waals surface area contributed by atoms with Crippen molar-refractivity contribution in [3.63, 3.8) is 0 Å². The summed E-state index contributed by atoms with van der Waals surface area (Å²) < 4.78 is 29.7. The molecule has 2 aromatic heterocycles. The van der Waals surface area contributed by atoms with Crippen LogP contribution in [-0.4, -0.2) is 18.1 Å². The number of aromatic nitrogens is 1. The van der Waals surface area contributed by atoms with Crippen LogP contribution in [0.15, 0.2) is 76.1 Å². The number of benzene rings is 2. The lowest BCUT2D eigenvalue weighted by molar-refractivity contribution is 0.0474. The van der Waals surface area contributed by atoms with Crippen molar-refractivity contribution in [2.75, 3.05) is 12.4 Å². The molecule has 4 aromatic rings. The smallest absolute Gasteiger partial charge is 0.342 e. The fourth-order valence-electron chi connectivity index (χ4n) is 3.04. The van der Waals surface area contributed by atoms with E-state index in [-0.39, 0.29) is 23.7 Å². The van der Waals surface area contributed by atoms with E-state index in [9.17, 15) is 14.0 Å². The van der Waals surface area contributed by atoms with Gasteiger partial charge in [0.1, 0.15) is 35.1 Å². The lowest BCUT2D eigenvalue weighted by Crippen LogP contribution is -2.11. The van der Waals surface area contributed by atoms with Crippen molar-refractivity contribution >= 4 is 28.4 Å². The number of halogens is 1. The molecule has 0 saturated heterocycles. The van der Waals surface area contributed by atoms with E-state index >= 15 is 0 Å². The highest BCUT2D eigenvalue weighted by Gasteiger charge is 2.16. The van der Waals surface area contributed by atoms with Gasteiger partial charge in [0.15, 0.2) is 0 Å². The third-order valence-corrected chi connectivity index (χ3v) is 4.55. The third-order valence-electron chi connectivity index (χ3n) is 4.55. The molecule has 0 aliphatic heterocycles. The number of esters is 1. The molecule has 1 N–H and O–H groups in total. The molecule has 31 heavy (non-hydrogen) atoms. The summed E-state index contributed by atoms with van der Waals surface area (Å²) in [5.41, 5.74) is 0.529. The zero-order valence-electron chi connectivity index (χ0n) is 16.4. The van der Waals surface area contributed by atoms with Crippen molar-refractivity contribution < 1.29 is 23.1 Å². The lowest BCUT2D eigenvalue weighted by atomic mass is 10.1. The van der Waals surface area contributed by atoms with Crippen LogP contribution in [0.1, 0.15) is 15.9 Å². The Bertz CT molecular complexity index is 1320. The van der Waals surface area contributed by atoms with Gasteiger partial charge in [0.05, 0.1) is 12.8 Å². The second-order valence-electron chi connectivity index (χ2n) is 6.53. The van der Waals surface area contributed by atoms with Gasteiger partial charge in [-0.25, -0.2) is 19.0 Å². The largest absolute Gasteiger partial charge is 0.497 e. The SMILES string of the molecule is COc1ccc2c(COC(=O)c3cccnc3Nc3ccccc3F)cc(=O)oc2c1. The van der Waals surface area contributed by atoms with E-state index in [1.54, 1.807) is 36.4 Å². The van der Waals surface area contributed by atoms with Crippen LogP contribution in [0.4, 0.5) is 15.9 Å². The summed E-state index contributed by atoms with van der Waals surface area (Å²) in [5.74, 6) is -0.476. The molecule has 0 aliphatic rings. The number of para-hydroxylation sites is 1. The van der Waals surface area contributed by atoms with Crippen LogP contribution in [0.3, 0.4) is 0 Å². The normalized spacial score (nSPS) is 10.6. The Morgan fingerprint density at radius 3 is 2.77 bits per heavy atom. The van der Waals surface area contributed by atoms with Crippen molar-refractivity contribution in [2.24, 2.45) is 0 Å². The van der Waals surface area contributed by atoms with Crippen molar-refractivity contribution in [2.45, 2.75) is 6.61 Å². The molecule has 0 aliphatic carbocycles. The minimum Gasteiger partial charge on any atom is -0.497 e. The predicted octanol–water partition coefficient (Wildman–Crippen LogP) is 4.44. The van der Waals surface area contributed by atoms with Crippen molar-refractivity contribution in [3.8, 4) is 5.75 Å². The number of nitrogens with zero attached hydrogens (tertiary/aromatic N) is 1. The number of ether oxygens (including phenoxy) is 2. The molecule has 0 fully saturated rings. The zero-order valence-corrected chi connectivity index (χ0v) is 16.4. The molecule has 8 heteroatoms. The third kappa shape index (κ3) is 4.37. The van der Waals surface area contributed by atoms with E-state index < -0.39 is 17.4 Å². The molecule has 0 spiro atoms. The molecule has 2 heterocycles. The van der Waals surface area contributed by atoms with Crippen LogP contribution in [0, 0.1) is 5.82 Å². The Balaban J connectivity index is 1.58. The van der Waals surface area contributed by atoms with Crippen LogP contribution < -0.4 is 15.7 Å². The number of pyridine rings is 1. The number of fused-ring (bicyclic) bond motifs is 1. The van der Waals surface area contributed by atoms with Gasteiger partial charge in [0.25, 0.3) is 0 Å². The van der Waals surface area contributed by atoms with E-state index in [4.69, 9.17) is 13.9 Å². The van der Waals surface area contributed by atoms with Crippen LogP contribution in [0.5, 0.6) is 5.75 Å². The number of rotatable bonds is 6. The first-order chi connectivity index (χ1) is 15.0. The number of hydrogen-bond acceptors (Lipinski definition) is 7. The second kappa shape index (κ2) is 8.66. The number of anilines is 2. The van der Waals surface area contributed by atoms with Gasteiger partial charge < -0.3 is 19.2 Å². The van der Waals surface area contributed by atoms with E-state index in [1.807, 2.05) is 0 Å². The fourth-order valence-corrected chi connectivity index (χ4v) is 3.04. The van der Waals surface area contributed by atoms with Crippen LogP contribution in [-0.2, 0) is 11.3 Å². The fraction of sp³-hybridized carbons (Fsp3) is 0.0870. The highest BCUT2D eigenvalue weighted by Crippen LogP contribution is 2.25. The minimum absolute atomic E-state index is 0.125. The van der Waals surface area contributed by atoms with E-state index in [0.29, 0.717) is 22.3 Å². The average molecular weight is 420 g/mol. The van der Waals surface area contributed by atoms with Gasteiger partial charge in [-0.3, -0.25) is 0 Å². The van der Waals surface area contributed by atoms with Gasteiger partial charge in [-0.2, -0.15) is 0 Å². The maximum absolute atomic E-state index is 14.0. The highest BCUT2D eigenvalue weighted by molar-refractivity contribution is 5.95. The van der Waals surface area contributed by atoms with Crippen molar-refractivity contribution in [3.05, 3.63) is 94.2 Å². The van der Waals surface area contributed by atoms with Gasteiger partial charge in [-0.05, 0) is 36.4 Å². The Labute approximate surface area is 176 Å². The maximum Gasteiger partial charge on any atom is 0.342 e. The number of hydrogen-bond donors (Lipinski definition) is 1. The molecule has 4 rings (SSSR count). The summed E-state index contributed by atoms with van der Waals surface area (Å²) in [6.45, 7) is -0.165. The highest BCUT2D eigenvalue weighted by atomic mass is 19.1. The topological polar surface area (TPSA) is 90.7 Å². The Morgan fingerprint density at radius 2 is 1.97 bits per heavy atom. The number of methoxy groups -OCH3 is 1. The van der Waals surface area contributed by atoms with Crippen molar-refractivity contribution in [1.29, 1.82) is 0 Å². The number of nitrogens with one attached hydrogen (secondary N) is 1. The molecular weight excluding hydrogens is 403 g/mol. The van der Waals surface area contributed by atoms with Crippen molar-refractivity contribution in [1.82, 2.24) is 4.98 Å². The predicted molar refractivity (Wildman–Crippen MR) is 112 cm³/mol. The summed E-state index contributed by atoms with van der Waals surface area (Å²) in [6.07, 6.45) is 1.48. The van der Waals surface area contributed by atoms with Gasteiger partial charge in [-0.15, -0.1) is 0 Å². The van der Waals surface area contributed by atoms with E-state index in [1.165, 1.54) is 37.6 Å². The van der Waals surface area contributed by atoms with Gasteiger partial charge in [0, 0.05) is 29.3 Å². The molecule has 2 aromatic carbocycles. The molecule has 0 amide bonds. The Morgan fingerprint density at radius 1 is 1.13 bits per heavy atom. The molecule has 0 saturated carbocycles. The second-order valence-corrected chi connectivity index (χ2v) is 6.53. The van der Waals surface area contributed by atoms with E-state index in [2.05, 4.69) is 10.3 Å². The minimum atomic E-state index is -0.679. The zero-order chi connectivity index (χ0) is 21.8. The monoisotopic (exact) mass is 420 g/mol. The molecular formula is C23H17FN2O5. The number of carbonyl (C=O) groups is 1. The average Bonchev–Trinajstić information content (AvgIpc) is 2.78. The Kier molecular flexibility index (Phi) is 5.61. The van der Waals surface area contributed by atoms with Gasteiger partial charge in [-0.1, -0.05) is 12.1 Å². The molecule has 156 valence electrons. The molecule has 0 atom stereocenters. The van der Waals surface area contributed by atoms with Crippen LogP contribution >= 0.6 is 0 Å². The molecule has 0 bridgehead atoms. The first-order valence-corrected chi connectivity index (χ1v) is 9.29. The Hall–Kier alpha value is -4.20. The molecule has 7 nitrogen and oxygen atoms in total. The summed E-state index contributed by atoms with van der Waals surface area (Å²) >= 11 is 0. The van der Waals surface area contributed by atoms with Crippen LogP contribution in [0.2, 0.25) is 0 Å². The quantitative estimate of drug-likeness (QED) is 0.364. The first-order valence-electron chi connectivity index (χ1n) is 9.29. The van der Waals surface area contributed by atoms with Gasteiger partial charge in [0.2, 0.25) is 0 Å². The summed E-state index contributed by atoms with van der Waals surface area (Å²) in [7, 11) is 1.51. The molecule has 0 unspecified atom stereocenters. The summed E-state index contributed by atoms with van der Waals surface area (Å²) in [5, 5.41) is 3.42. The first kappa shape index (κ1) is 20.1. The van der Waals surface area contributed by atoms with Gasteiger partial charge >= 0.3 is 11.6 Å². The molecule has 0 radical (unpaired) electrons. The standard InChI is InChI=1S/C23H17FN2O5/c1-29-15-8-9-16-14(11-21(27)31-20(16)12-15)13-30-23(28)17-5-4-10-25-22(17)26-19-7-3-2-6-18(19)24/h2-12H,13H2,1H3,(H,25,26). The summed E-state index contributed by atoms with van der Waals surface area (Å²) in [6, 6.07) is 15.4. The number of carbonyl (C=O) groups excluding carboxylic acids is 1. The maximum atomic E-state index is 14.0. The van der Waals surface area contributed by atoms with Crippen LogP contribution in [0.25, 0.3) is 11.0 Å². The summed E-state index contributed by atoms with van der Waals surface area (Å²) in [4.78, 5) is 28.7. The lowest BCUT2D eigenvalue weighted by Gasteiger charge is -2.12.